The highest BCUT2D eigenvalue weighted by Gasteiger charge is 2.43. The summed E-state index contributed by atoms with van der Waals surface area (Å²) in [6, 6.07) is 8.71. The van der Waals surface area contributed by atoms with Gasteiger partial charge in [0.2, 0.25) is 0 Å². The molecule has 2 aromatic rings. The van der Waals surface area contributed by atoms with E-state index < -0.39 is 0 Å². The van der Waals surface area contributed by atoms with Crippen molar-refractivity contribution >= 4 is 10.9 Å². The van der Waals surface area contributed by atoms with Crippen molar-refractivity contribution in [1.29, 1.82) is 0 Å². The summed E-state index contributed by atoms with van der Waals surface area (Å²) in [5.74, 6) is 0.882. The lowest BCUT2D eigenvalue weighted by molar-refractivity contribution is -0.0360. The Morgan fingerprint density at radius 3 is 2.67 bits per heavy atom. The molecule has 3 aliphatic rings. The van der Waals surface area contributed by atoms with Gasteiger partial charge in [0.25, 0.3) is 0 Å². The Kier molecular flexibility index (Phi) is 4.73. The van der Waals surface area contributed by atoms with Crippen molar-refractivity contribution in [2.24, 2.45) is 5.92 Å². The number of aromatic nitrogens is 2. The minimum Gasteiger partial charge on any atom is -0.378 e. The predicted octanol–water partition coefficient (Wildman–Crippen LogP) is 4.55. The molecule has 2 bridgehead atoms. The van der Waals surface area contributed by atoms with E-state index in [9.17, 15) is 0 Å². The summed E-state index contributed by atoms with van der Waals surface area (Å²) in [4.78, 5) is 2.83. The topological polar surface area (TPSA) is 30.3 Å². The van der Waals surface area contributed by atoms with Crippen molar-refractivity contribution in [3.05, 3.63) is 30.0 Å². The van der Waals surface area contributed by atoms with E-state index >= 15 is 0 Å². The van der Waals surface area contributed by atoms with Crippen molar-refractivity contribution < 1.29 is 4.74 Å². The second-order valence-electron chi connectivity index (χ2n) is 9.27. The van der Waals surface area contributed by atoms with Crippen LogP contribution in [0.2, 0.25) is 0 Å². The van der Waals surface area contributed by atoms with Gasteiger partial charge in [-0.05, 0) is 76.3 Å². The first-order valence-corrected chi connectivity index (χ1v) is 11.0. The molecule has 1 aromatic heterocycles. The van der Waals surface area contributed by atoms with E-state index in [4.69, 9.17) is 4.74 Å². The first-order valence-electron chi connectivity index (χ1n) is 11.0. The molecule has 0 amide bonds. The van der Waals surface area contributed by atoms with Crippen LogP contribution in [0.25, 0.3) is 10.9 Å². The van der Waals surface area contributed by atoms with Crippen molar-refractivity contribution in [1.82, 2.24) is 14.7 Å². The van der Waals surface area contributed by atoms with Crippen LogP contribution in [0.3, 0.4) is 0 Å². The van der Waals surface area contributed by atoms with Crippen molar-refractivity contribution in [2.75, 3.05) is 6.61 Å². The minimum atomic E-state index is 0.518. The number of ether oxygens (including phenoxy) is 1. The molecule has 5 rings (SSSR count). The predicted molar refractivity (Wildman–Crippen MR) is 109 cm³/mol. The maximum Gasteiger partial charge on any atom is 0.0685 e. The smallest absolute Gasteiger partial charge is 0.0685 e. The lowest BCUT2D eigenvalue weighted by atomic mass is 9.97. The van der Waals surface area contributed by atoms with Gasteiger partial charge >= 0.3 is 0 Å². The van der Waals surface area contributed by atoms with Gasteiger partial charge in [-0.25, -0.2) is 0 Å². The minimum absolute atomic E-state index is 0.518. The van der Waals surface area contributed by atoms with Gasteiger partial charge in [0.15, 0.2) is 0 Å². The van der Waals surface area contributed by atoms with E-state index in [0.29, 0.717) is 12.1 Å². The molecule has 4 atom stereocenters. The van der Waals surface area contributed by atoms with Crippen molar-refractivity contribution in [3.8, 4) is 0 Å². The number of benzene rings is 1. The number of rotatable bonds is 7. The number of fused-ring (bicyclic) bond motifs is 3. The molecule has 2 aliphatic heterocycles. The number of aryl methyl sites for hydroxylation is 2. The summed E-state index contributed by atoms with van der Waals surface area (Å²) in [6.07, 6.45) is 11.7. The van der Waals surface area contributed by atoms with Crippen LogP contribution in [-0.2, 0) is 11.3 Å². The number of hydrogen-bond donors (Lipinski definition) is 0. The first-order chi connectivity index (χ1) is 13.2. The zero-order valence-electron chi connectivity index (χ0n) is 16.8. The van der Waals surface area contributed by atoms with Gasteiger partial charge in [-0.15, -0.1) is 0 Å². The van der Waals surface area contributed by atoms with Crippen LogP contribution in [0.1, 0.15) is 57.4 Å². The summed E-state index contributed by atoms with van der Waals surface area (Å²) in [5, 5.41) is 5.90. The van der Waals surface area contributed by atoms with Crippen LogP contribution in [0.15, 0.2) is 24.4 Å². The van der Waals surface area contributed by atoms with Crippen LogP contribution >= 0.6 is 0 Å². The van der Waals surface area contributed by atoms with E-state index in [-0.39, 0.29) is 0 Å². The summed E-state index contributed by atoms with van der Waals surface area (Å²) in [6.45, 7) is 6.61. The SMILES string of the molecule is Cc1ccc2cnn(CCC(C)N3C4CC[C@@H]3CC(OCC3CC3)C4)c2c1. The molecular weight excluding hydrogens is 334 g/mol. The molecule has 1 aromatic carbocycles. The third kappa shape index (κ3) is 3.66. The Morgan fingerprint density at radius 1 is 1.15 bits per heavy atom. The number of hydrogen-bond acceptors (Lipinski definition) is 3. The van der Waals surface area contributed by atoms with Gasteiger partial charge in [-0.2, -0.15) is 5.10 Å². The summed E-state index contributed by atoms with van der Waals surface area (Å²) < 4.78 is 8.45. The fourth-order valence-electron chi connectivity index (χ4n) is 5.39. The molecule has 0 N–H and O–H groups in total. The van der Waals surface area contributed by atoms with Crippen LogP contribution in [0.4, 0.5) is 0 Å². The molecule has 1 aliphatic carbocycles. The van der Waals surface area contributed by atoms with Crippen LogP contribution in [0.5, 0.6) is 0 Å². The maximum atomic E-state index is 6.25. The molecule has 0 spiro atoms. The first kappa shape index (κ1) is 17.7. The van der Waals surface area contributed by atoms with Crippen LogP contribution in [-0.4, -0.2) is 45.5 Å². The Bertz CT molecular complexity index is 782. The number of nitrogens with zero attached hydrogens (tertiary/aromatic N) is 3. The molecule has 3 heterocycles. The van der Waals surface area contributed by atoms with Gasteiger partial charge < -0.3 is 4.74 Å². The van der Waals surface area contributed by atoms with Gasteiger partial charge in [-0.3, -0.25) is 9.58 Å². The Morgan fingerprint density at radius 2 is 1.93 bits per heavy atom. The molecular formula is C23H33N3O. The highest BCUT2D eigenvalue weighted by molar-refractivity contribution is 5.79. The van der Waals surface area contributed by atoms with E-state index in [0.717, 1.165) is 31.2 Å². The van der Waals surface area contributed by atoms with Gasteiger partial charge in [0.1, 0.15) is 0 Å². The molecule has 1 saturated carbocycles. The molecule has 4 nitrogen and oxygen atoms in total. The largest absolute Gasteiger partial charge is 0.378 e. The van der Waals surface area contributed by atoms with Crippen LogP contribution in [0, 0.1) is 12.8 Å². The molecule has 146 valence electrons. The third-order valence-electron chi connectivity index (χ3n) is 7.08. The van der Waals surface area contributed by atoms with E-state index in [1.54, 1.807) is 0 Å². The monoisotopic (exact) mass is 367 g/mol. The van der Waals surface area contributed by atoms with Crippen LogP contribution < -0.4 is 0 Å². The van der Waals surface area contributed by atoms with E-state index in [2.05, 4.69) is 46.7 Å². The van der Waals surface area contributed by atoms with Gasteiger partial charge in [0, 0.05) is 36.7 Å². The molecule has 0 radical (unpaired) electrons. The molecule has 4 heteroatoms. The molecule has 27 heavy (non-hydrogen) atoms. The number of piperidine rings is 1. The van der Waals surface area contributed by atoms with Gasteiger partial charge in [0.05, 0.1) is 17.8 Å². The second-order valence-corrected chi connectivity index (χ2v) is 9.27. The summed E-state index contributed by atoms with van der Waals surface area (Å²) in [7, 11) is 0. The normalized spacial score (nSPS) is 29.5. The molecule has 2 saturated heterocycles. The second kappa shape index (κ2) is 7.21. The lowest BCUT2D eigenvalue weighted by Crippen LogP contribution is -2.50. The van der Waals surface area contributed by atoms with E-state index in [1.807, 2.05) is 6.20 Å². The zero-order chi connectivity index (χ0) is 18.4. The van der Waals surface area contributed by atoms with E-state index in [1.165, 1.54) is 61.4 Å². The fraction of sp³-hybridized carbons (Fsp3) is 0.696. The molecule has 3 unspecified atom stereocenters. The Hall–Kier alpha value is -1.39. The standard InChI is InChI=1S/C23H33N3O/c1-16-3-6-19-14-24-25(23(19)11-16)10-9-17(2)26-20-7-8-21(26)13-22(12-20)27-15-18-4-5-18/h3,6,11,14,17-18,20-22H,4-5,7-10,12-13,15H2,1-2H3/t17?,20-,21?,22?/m1/s1. The lowest BCUT2D eigenvalue weighted by Gasteiger charge is -2.42. The average molecular weight is 368 g/mol. The Balaban J connectivity index is 1.20. The Labute approximate surface area is 162 Å². The highest BCUT2D eigenvalue weighted by Crippen LogP contribution is 2.40. The van der Waals surface area contributed by atoms with Crippen molar-refractivity contribution in [3.63, 3.8) is 0 Å². The highest BCUT2D eigenvalue weighted by atomic mass is 16.5. The zero-order valence-corrected chi connectivity index (χ0v) is 16.8. The third-order valence-corrected chi connectivity index (χ3v) is 7.08. The van der Waals surface area contributed by atoms with Crippen molar-refractivity contribution in [2.45, 2.75) is 89.6 Å². The average Bonchev–Trinajstić information content (AvgIpc) is 3.35. The fourth-order valence-corrected chi connectivity index (χ4v) is 5.39. The van der Waals surface area contributed by atoms with Gasteiger partial charge in [-0.1, -0.05) is 12.1 Å². The maximum absolute atomic E-state index is 6.25. The summed E-state index contributed by atoms with van der Waals surface area (Å²) >= 11 is 0. The molecule has 3 fully saturated rings. The summed E-state index contributed by atoms with van der Waals surface area (Å²) in [5.41, 5.74) is 2.58. The quantitative estimate of drug-likeness (QED) is 0.719.